The molecule has 0 aliphatic heterocycles. The fourth-order valence-electron chi connectivity index (χ4n) is 3.00. The summed E-state index contributed by atoms with van der Waals surface area (Å²) in [4.78, 5) is 49.7. The highest BCUT2D eigenvalue weighted by molar-refractivity contribution is 5.68. The molecule has 26 nitrogen and oxygen atoms in total. The van der Waals surface area contributed by atoms with E-state index in [2.05, 4.69) is 9.47 Å². The number of carboxylic acid groups (broad SMARTS) is 5. The van der Waals surface area contributed by atoms with Crippen molar-refractivity contribution in [2.24, 2.45) is 28.7 Å². The number of carbonyl (C=O) groups is 5. The van der Waals surface area contributed by atoms with Crippen LogP contribution in [0.5, 0.6) is 0 Å². The van der Waals surface area contributed by atoms with Crippen molar-refractivity contribution >= 4 is 29.8 Å². The van der Waals surface area contributed by atoms with E-state index in [4.69, 9.17) is 96.8 Å². The van der Waals surface area contributed by atoms with Gasteiger partial charge in [0.15, 0.2) is 0 Å². The average molecular weight is 916 g/mol. The topological polar surface area (TPSA) is 418 Å². The monoisotopic (exact) mass is 916 g/mol. The molecule has 26 heteroatoms. The minimum absolute atomic E-state index is 0.0222. The molecular weight excluding hydrogens is 838 g/mol. The molecule has 0 aliphatic rings. The first-order valence-electron chi connectivity index (χ1n) is 19.8. The van der Waals surface area contributed by atoms with E-state index < -0.39 is 29.8 Å². The van der Waals surface area contributed by atoms with Crippen LogP contribution in [0.1, 0.15) is 25.7 Å². The Morgan fingerprint density at radius 3 is 0.758 bits per heavy atom. The summed E-state index contributed by atoms with van der Waals surface area (Å²) in [6, 6.07) is 0. The maximum Gasteiger partial charge on any atom is 0.329 e. The normalized spacial score (nSPS) is 10.1. The molecule has 0 spiro atoms. The SMILES string of the molecule is NCCCCOCCOCCOCCOCCC(=O)O.NCCOCC(=O)O.NCCOCCC(=O)O.NCCOCCOCC(=O)O.NCCOCCOCCOCC(=O)O. The number of rotatable bonds is 42. The number of hydrogen-bond acceptors (Lipinski definition) is 21. The molecule has 0 aliphatic carbocycles. The summed E-state index contributed by atoms with van der Waals surface area (Å²) in [5.74, 6) is -4.60. The van der Waals surface area contributed by atoms with Crippen molar-refractivity contribution in [2.75, 3.05) is 178 Å². The van der Waals surface area contributed by atoms with E-state index in [1.165, 1.54) is 0 Å². The van der Waals surface area contributed by atoms with Gasteiger partial charge in [0.05, 0.1) is 132 Å². The van der Waals surface area contributed by atoms with Gasteiger partial charge in [-0.2, -0.15) is 0 Å². The van der Waals surface area contributed by atoms with Crippen molar-refractivity contribution in [3.05, 3.63) is 0 Å². The Morgan fingerprint density at radius 1 is 0.258 bits per heavy atom. The van der Waals surface area contributed by atoms with E-state index in [-0.39, 0.29) is 52.5 Å². The van der Waals surface area contributed by atoms with Gasteiger partial charge >= 0.3 is 29.8 Å². The van der Waals surface area contributed by atoms with Crippen molar-refractivity contribution in [3.8, 4) is 0 Å². The highest BCUT2D eigenvalue weighted by atomic mass is 16.6. The minimum Gasteiger partial charge on any atom is -0.481 e. The second-order valence-electron chi connectivity index (χ2n) is 11.2. The number of nitrogens with two attached hydrogens (primary N) is 5. The molecule has 0 aromatic carbocycles. The third-order valence-electron chi connectivity index (χ3n) is 5.62. The summed E-state index contributed by atoms with van der Waals surface area (Å²) in [6.07, 6.45) is 2.05. The Kier molecular flexibility index (Phi) is 70.3. The molecule has 15 N–H and O–H groups in total. The second kappa shape index (κ2) is 64.3. The molecule has 0 fully saturated rings. The van der Waals surface area contributed by atoms with Gasteiger partial charge in [-0.15, -0.1) is 0 Å². The van der Waals surface area contributed by atoms with Crippen LogP contribution in [0.15, 0.2) is 0 Å². The molecule has 0 bridgehead atoms. The molecule has 62 heavy (non-hydrogen) atoms. The van der Waals surface area contributed by atoms with Crippen molar-refractivity contribution < 1.29 is 102 Å². The standard InChI is InChI=1S/C13H27NO6.C8H17NO5.C6H13NO4.C5H11NO3.C4H9NO3/c14-4-1-2-5-17-7-9-19-11-12-20-10-8-18-6-3-13(15)16;9-1-2-12-3-4-13-5-6-14-7-8(10)11;7-1-2-10-3-4-11-5-6(8)9;6-2-4-9-3-1-5(7)8;5-1-2-8-3-4(6)7/h1-12,14H2,(H,15,16);1-7,9H2,(H,10,11);1-5,7H2,(H,8,9);1-4,6H2,(H,7,8);1-3,5H2,(H,6,7). The quantitative estimate of drug-likeness (QED) is 0.0271. The summed E-state index contributed by atoms with van der Waals surface area (Å²) < 4.78 is 54.7. The van der Waals surface area contributed by atoms with E-state index in [1.807, 2.05) is 0 Å². The zero-order valence-electron chi connectivity index (χ0n) is 36.1. The zero-order valence-corrected chi connectivity index (χ0v) is 36.1. The minimum atomic E-state index is -0.976. The molecule has 0 amide bonds. The van der Waals surface area contributed by atoms with Gasteiger partial charge in [-0.05, 0) is 19.4 Å². The predicted octanol–water partition coefficient (Wildman–Crippen LogP) is -3.11. The Bertz CT molecular complexity index is 948. The van der Waals surface area contributed by atoms with Gasteiger partial charge in [0, 0.05) is 32.8 Å². The third-order valence-corrected chi connectivity index (χ3v) is 5.62. The summed E-state index contributed by atoms with van der Waals surface area (Å²) in [5.41, 5.74) is 25.8. The van der Waals surface area contributed by atoms with Gasteiger partial charge in [-0.25, -0.2) is 14.4 Å². The highest BCUT2D eigenvalue weighted by Gasteiger charge is 1.99. The van der Waals surface area contributed by atoms with Gasteiger partial charge in [-0.1, -0.05) is 0 Å². The van der Waals surface area contributed by atoms with Crippen LogP contribution in [-0.4, -0.2) is 233 Å². The van der Waals surface area contributed by atoms with Gasteiger partial charge in [0.2, 0.25) is 0 Å². The maximum absolute atomic E-state index is 10.2. The van der Waals surface area contributed by atoms with Crippen molar-refractivity contribution in [3.63, 3.8) is 0 Å². The van der Waals surface area contributed by atoms with Crippen LogP contribution < -0.4 is 28.7 Å². The predicted molar refractivity (Wildman–Crippen MR) is 221 cm³/mol. The van der Waals surface area contributed by atoms with Crippen LogP contribution >= 0.6 is 0 Å². The number of hydrogen-bond donors (Lipinski definition) is 10. The molecule has 0 atom stereocenters. The van der Waals surface area contributed by atoms with Crippen LogP contribution in [0.3, 0.4) is 0 Å². The number of carboxylic acids is 5. The van der Waals surface area contributed by atoms with E-state index in [1.54, 1.807) is 0 Å². The van der Waals surface area contributed by atoms with E-state index in [9.17, 15) is 24.0 Å². The van der Waals surface area contributed by atoms with Crippen LogP contribution in [0, 0.1) is 0 Å². The lowest BCUT2D eigenvalue weighted by Crippen LogP contribution is -2.15. The van der Waals surface area contributed by atoms with Crippen LogP contribution in [0.25, 0.3) is 0 Å². The van der Waals surface area contributed by atoms with Gasteiger partial charge in [0.25, 0.3) is 0 Å². The Balaban J connectivity index is -0.000000228. The smallest absolute Gasteiger partial charge is 0.329 e. The number of aliphatic carboxylic acids is 5. The summed E-state index contributed by atoms with van der Waals surface area (Å²) in [6.45, 7) is 9.95. The van der Waals surface area contributed by atoms with Crippen LogP contribution in [-0.2, 0) is 76.1 Å². The molecule has 0 unspecified atom stereocenters. The number of ether oxygens (including phenoxy) is 11. The zero-order chi connectivity index (χ0) is 47.6. The van der Waals surface area contributed by atoms with E-state index >= 15 is 0 Å². The fraction of sp³-hybridized carbons (Fsp3) is 0.861. The Morgan fingerprint density at radius 2 is 0.484 bits per heavy atom. The molecule has 0 aromatic rings. The Hall–Kier alpha value is -3.29. The summed E-state index contributed by atoms with van der Waals surface area (Å²) in [7, 11) is 0. The number of unbranched alkanes of at least 4 members (excludes halogenated alkanes) is 1. The molecule has 0 heterocycles. The average Bonchev–Trinajstić information content (AvgIpc) is 3.22. The van der Waals surface area contributed by atoms with Gasteiger partial charge in [0.1, 0.15) is 19.8 Å². The summed E-state index contributed by atoms with van der Waals surface area (Å²) in [5, 5.41) is 40.8. The molecule has 0 aromatic heterocycles. The second-order valence-corrected chi connectivity index (χ2v) is 11.2. The molecule has 0 saturated carbocycles. The largest absolute Gasteiger partial charge is 0.481 e. The molecule has 0 saturated heterocycles. The first-order chi connectivity index (χ1) is 29.9. The van der Waals surface area contributed by atoms with Crippen LogP contribution in [0.2, 0.25) is 0 Å². The molecular formula is C36H77N5O21. The van der Waals surface area contributed by atoms with Crippen molar-refractivity contribution in [1.29, 1.82) is 0 Å². The fourth-order valence-corrected chi connectivity index (χ4v) is 3.00. The lowest BCUT2D eigenvalue weighted by Gasteiger charge is -2.07. The lowest BCUT2D eigenvalue weighted by molar-refractivity contribution is -0.143. The Labute approximate surface area is 363 Å². The van der Waals surface area contributed by atoms with Gasteiger partial charge in [-0.3, -0.25) is 9.59 Å². The lowest BCUT2D eigenvalue weighted by atomic mass is 10.3. The first kappa shape index (κ1) is 67.8. The highest BCUT2D eigenvalue weighted by Crippen LogP contribution is 1.89. The maximum atomic E-state index is 10.2. The molecule has 372 valence electrons. The molecule has 0 radical (unpaired) electrons. The van der Waals surface area contributed by atoms with Crippen LogP contribution in [0.4, 0.5) is 0 Å². The summed E-state index contributed by atoms with van der Waals surface area (Å²) >= 11 is 0. The molecule has 0 rings (SSSR count). The van der Waals surface area contributed by atoms with E-state index in [0.717, 1.165) is 19.4 Å². The van der Waals surface area contributed by atoms with E-state index in [0.29, 0.717) is 132 Å². The third kappa shape index (κ3) is 92.1. The van der Waals surface area contributed by atoms with Gasteiger partial charge < -0.3 is 106 Å². The van der Waals surface area contributed by atoms with Crippen molar-refractivity contribution in [2.45, 2.75) is 25.7 Å². The van der Waals surface area contributed by atoms with Crippen molar-refractivity contribution in [1.82, 2.24) is 0 Å². The first-order valence-corrected chi connectivity index (χ1v) is 19.8.